The first-order valence-electron chi connectivity index (χ1n) is 5.16. The number of hydrogen-bond acceptors (Lipinski definition) is 6. The van der Waals surface area contributed by atoms with Crippen LogP contribution in [0.5, 0.6) is 0 Å². The van der Waals surface area contributed by atoms with E-state index in [1.54, 1.807) is 0 Å². The Bertz CT molecular complexity index is 726. The van der Waals surface area contributed by atoms with E-state index in [1.807, 2.05) is 0 Å². The monoisotopic (exact) mass is 278 g/mol. The highest BCUT2D eigenvalue weighted by atomic mass is 32.2. The number of carbonyl (C=O) groups excluding carboxylic acids is 1. The summed E-state index contributed by atoms with van der Waals surface area (Å²) in [6.07, 6.45) is 5.11. The molecule has 0 aliphatic carbocycles. The van der Waals surface area contributed by atoms with Crippen LogP contribution in [0, 0.1) is 0 Å². The van der Waals surface area contributed by atoms with Gasteiger partial charge in [-0.1, -0.05) is 0 Å². The van der Waals surface area contributed by atoms with Crippen molar-refractivity contribution in [3.63, 3.8) is 0 Å². The zero-order chi connectivity index (χ0) is 14.0. The van der Waals surface area contributed by atoms with Crippen LogP contribution in [0.15, 0.2) is 35.9 Å². The topological polar surface area (TPSA) is 116 Å². The number of hydrogen-bond donors (Lipinski definition) is 1. The fourth-order valence-electron chi connectivity index (χ4n) is 1.38. The molecule has 0 aliphatic heterocycles. The van der Waals surface area contributed by atoms with E-state index in [-0.39, 0.29) is 5.16 Å². The Morgan fingerprint density at radius 2 is 1.84 bits per heavy atom. The molecule has 2 aromatic heterocycles. The summed E-state index contributed by atoms with van der Waals surface area (Å²) in [7, 11) is -3.44. The minimum Gasteiger partial charge on any atom is -0.366 e. The molecule has 98 valence electrons. The summed E-state index contributed by atoms with van der Waals surface area (Å²) in [5.41, 5.74) is 6.40. The van der Waals surface area contributed by atoms with Crippen molar-refractivity contribution in [3.8, 4) is 11.3 Å². The summed E-state index contributed by atoms with van der Waals surface area (Å²) in [6, 6.07) is 2.97. The molecule has 0 spiro atoms. The summed E-state index contributed by atoms with van der Waals surface area (Å²) in [6.45, 7) is 0. The second-order valence-electron chi connectivity index (χ2n) is 3.82. The SMILES string of the molecule is CS(=O)(=O)c1ncc(-c2cc(C(N)=O)ccn2)cn1. The van der Waals surface area contributed by atoms with E-state index in [2.05, 4.69) is 15.0 Å². The molecule has 0 aliphatic rings. The van der Waals surface area contributed by atoms with Crippen LogP contribution in [0.4, 0.5) is 0 Å². The summed E-state index contributed by atoms with van der Waals surface area (Å²) < 4.78 is 22.4. The molecule has 2 rings (SSSR count). The van der Waals surface area contributed by atoms with Crippen LogP contribution in [-0.2, 0) is 9.84 Å². The van der Waals surface area contributed by atoms with Crippen LogP contribution >= 0.6 is 0 Å². The van der Waals surface area contributed by atoms with E-state index in [9.17, 15) is 13.2 Å². The zero-order valence-corrected chi connectivity index (χ0v) is 10.8. The standard InChI is InChI=1S/C11H10N4O3S/c1-19(17,18)11-14-5-8(6-15-11)9-4-7(10(12)16)2-3-13-9/h2-6H,1H3,(H2,12,16). The van der Waals surface area contributed by atoms with Gasteiger partial charge in [0.15, 0.2) is 0 Å². The fraction of sp³-hybridized carbons (Fsp3) is 0.0909. The molecule has 0 radical (unpaired) electrons. The van der Waals surface area contributed by atoms with Gasteiger partial charge in [-0.05, 0) is 12.1 Å². The predicted molar refractivity (Wildman–Crippen MR) is 66.9 cm³/mol. The lowest BCUT2D eigenvalue weighted by Crippen LogP contribution is -2.11. The van der Waals surface area contributed by atoms with E-state index in [0.717, 1.165) is 6.26 Å². The number of carbonyl (C=O) groups is 1. The Balaban J connectivity index is 2.43. The minimum absolute atomic E-state index is 0.262. The first-order chi connectivity index (χ1) is 8.88. The Morgan fingerprint density at radius 1 is 1.21 bits per heavy atom. The number of sulfone groups is 1. The molecule has 7 nitrogen and oxygen atoms in total. The number of pyridine rings is 1. The van der Waals surface area contributed by atoms with Gasteiger partial charge in [-0.2, -0.15) is 0 Å². The molecule has 0 saturated heterocycles. The molecule has 0 unspecified atom stereocenters. The van der Waals surface area contributed by atoms with Gasteiger partial charge in [0.25, 0.3) is 0 Å². The van der Waals surface area contributed by atoms with Gasteiger partial charge in [0, 0.05) is 36.0 Å². The molecule has 0 atom stereocenters. The van der Waals surface area contributed by atoms with Crippen molar-refractivity contribution in [2.24, 2.45) is 5.73 Å². The van der Waals surface area contributed by atoms with Crippen LogP contribution in [0.2, 0.25) is 0 Å². The largest absolute Gasteiger partial charge is 0.366 e. The van der Waals surface area contributed by atoms with Gasteiger partial charge < -0.3 is 5.73 Å². The summed E-state index contributed by atoms with van der Waals surface area (Å²) in [5.74, 6) is -0.572. The van der Waals surface area contributed by atoms with E-state index in [0.29, 0.717) is 16.8 Å². The highest BCUT2D eigenvalue weighted by Gasteiger charge is 2.11. The molecule has 2 aromatic rings. The van der Waals surface area contributed by atoms with Crippen molar-refractivity contribution in [1.82, 2.24) is 15.0 Å². The molecule has 0 bridgehead atoms. The van der Waals surface area contributed by atoms with E-state index < -0.39 is 15.7 Å². The second kappa shape index (κ2) is 4.73. The third-order valence-corrected chi connectivity index (χ3v) is 3.17. The number of nitrogens with two attached hydrogens (primary N) is 1. The predicted octanol–water partition coefficient (Wildman–Crippen LogP) is 0.0410. The third-order valence-electron chi connectivity index (χ3n) is 2.30. The van der Waals surface area contributed by atoms with Gasteiger partial charge in [0.2, 0.25) is 20.9 Å². The summed E-state index contributed by atoms with van der Waals surface area (Å²) in [4.78, 5) is 22.6. The Hall–Kier alpha value is -2.35. The number of primary amides is 1. The van der Waals surface area contributed by atoms with Crippen molar-refractivity contribution in [3.05, 3.63) is 36.3 Å². The molecule has 0 fully saturated rings. The van der Waals surface area contributed by atoms with Gasteiger partial charge >= 0.3 is 0 Å². The van der Waals surface area contributed by atoms with Crippen LogP contribution in [0.1, 0.15) is 10.4 Å². The van der Waals surface area contributed by atoms with Gasteiger partial charge in [0.1, 0.15) is 0 Å². The van der Waals surface area contributed by atoms with Crippen LogP contribution < -0.4 is 5.73 Å². The van der Waals surface area contributed by atoms with Crippen LogP contribution in [-0.4, -0.2) is 35.5 Å². The maximum Gasteiger partial charge on any atom is 0.248 e. The Morgan fingerprint density at radius 3 is 2.37 bits per heavy atom. The number of amides is 1. The van der Waals surface area contributed by atoms with Crippen molar-refractivity contribution in [2.45, 2.75) is 5.16 Å². The maximum absolute atomic E-state index is 11.2. The highest BCUT2D eigenvalue weighted by molar-refractivity contribution is 7.90. The smallest absolute Gasteiger partial charge is 0.248 e. The number of rotatable bonds is 3. The first-order valence-corrected chi connectivity index (χ1v) is 7.05. The van der Waals surface area contributed by atoms with E-state index >= 15 is 0 Å². The molecule has 2 heterocycles. The fourth-order valence-corrected chi connectivity index (χ4v) is 1.87. The Kier molecular flexibility index (Phi) is 3.26. The molecule has 8 heteroatoms. The molecule has 1 amide bonds. The highest BCUT2D eigenvalue weighted by Crippen LogP contribution is 2.16. The minimum atomic E-state index is -3.44. The lowest BCUT2D eigenvalue weighted by atomic mass is 10.1. The molecular weight excluding hydrogens is 268 g/mol. The van der Waals surface area contributed by atoms with E-state index in [4.69, 9.17) is 5.73 Å². The van der Waals surface area contributed by atoms with Gasteiger partial charge in [0.05, 0.1) is 5.69 Å². The van der Waals surface area contributed by atoms with Crippen LogP contribution in [0.25, 0.3) is 11.3 Å². The van der Waals surface area contributed by atoms with Crippen molar-refractivity contribution < 1.29 is 13.2 Å². The van der Waals surface area contributed by atoms with E-state index in [1.165, 1.54) is 30.7 Å². The van der Waals surface area contributed by atoms with Crippen LogP contribution in [0.3, 0.4) is 0 Å². The maximum atomic E-state index is 11.2. The molecule has 2 N–H and O–H groups in total. The second-order valence-corrected chi connectivity index (χ2v) is 5.73. The summed E-state index contributed by atoms with van der Waals surface area (Å²) >= 11 is 0. The molecule has 0 aromatic carbocycles. The lowest BCUT2D eigenvalue weighted by Gasteiger charge is -2.02. The zero-order valence-electron chi connectivity index (χ0n) is 9.94. The summed E-state index contributed by atoms with van der Waals surface area (Å²) in [5, 5.41) is -0.262. The average Bonchev–Trinajstić information content (AvgIpc) is 2.38. The van der Waals surface area contributed by atoms with Gasteiger partial charge in [-0.3, -0.25) is 9.78 Å². The molecule has 19 heavy (non-hydrogen) atoms. The van der Waals surface area contributed by atoms with Gasteiger partial charge in [-0.25, -0.2) is 18.4 Å². The number of nitrogens with zero attached hydrogens (tertiary/aromatic N) is 3. The average molecular weight is 278 g/mol. The Labute approximate surface area is 109 Å². The quantitative estimate of drug-likeness (QED) is 0.792. The first kappa shape index (κ1) is 13.1. The van der Waals surface area contributed by atoms with Gasteiger partial charge in [-0.15, -0.1) is 0 Å². The molecule has 0 saturated carbocycles. The number of aromatic nitrogens is 3. The normalized spacial score (nSPS) is 11.2. The molecular formula is C11H10N4O3S. The van der Waals surface area contributed by atoms with Crippen molar-refractivity contribution in [1.29, 1.82) is 0 Å². The van der Waals surface area contributed by atoms with Crippen molar-refractivity contribution >= 4 is 15.7 Å². The van der Waals surface area contributed by atoms with Crippen molar-refractivity contribution in [2.75, 3.05) is 6.26 Å². The lowest BCUT2D eigenvalue weighted by molar-refractivity contribution is 0.1000. The third kappa shape index (κ3) is 2.91.